The summed E-state index contributed by atoms with van der Waals surface area (Å²) in [5, 5.41) is 3.56. The second-order valence-corrected chi connectivity index (χ2v) is 9.96. The lowest BCUT2D eigenvalue weighted by Gasteiger charge is -2.49. The Bertz CT molecular complexity index is 1260. The second-order valence-electron chi connectivity index (χ2n) is 9.96. The molecule has 2 heterocycles. The third kappa shape index (κ3) is 5.95. The van der Waals surface area contributed by atoms with Gasteiger partial charge >= 0.3 is 0 Å². The zero-order chi connectivity index (χ0) is 24.4. The van der Waals surface area contributed by atoms with Crippen LogP contribution in [0, 0.1) is 20.8 Å². The van der Waals surface area contributed by atoms with E-state index in [1.165, 1.54) is 22.3 Å². The Morgan fingerprint density at radius 2 is 1.24 bits per heavy atom. The van der Waals surface area contributed by atoms with E-state index in [9.17, 15) is 0 Å². The highest BCUT2D eigenvalue weighted by Crippen LogP contribution is 2.48. The van der Waals surface area contributed by atoms with Gasteiger partial charge in [0.15, 0.2) is 0 Å². The second kappa shape index (κ2) is 13.6. The van der Waals surface area contributed by atoms with Gasteiger partial charge in [-0.1, -0.05) is 78.9 Å². The molecule has 0 radical (unpaired) electrons. The molecule has 0 spiro atoms. The Morgan fingerprint density at radius 1 is 0.737 bits per heavy atom. The van der Waals surface area contributed by atoms with Crippen LogP contribution in [-0.4, -0.2) is 41.0 Å². The first kappa shape index (κ1) is 31.9. The van der Waals surface area contributed by atoms with Crippen LogP contribution in [0.25, 0.3) is 11.4 Å². The monoisotopic (exact) mass is 572 g/mol. The molecule has 0 bridgehead atoms. The zero-order valence-electron chi connectivity index (χ0n) is 22.5. The molecule has 204 valence electrons. The van der Waals surface area contributed by atoms with E-state index in [0.29, 0.717) is 0 Å². The molecule has 1 saturated heterocycles. The normalized spacial score (nSPS) is 15.1. The Kier molecular flexibility index (Phi) is 11.4. The number of nitrogens with zero attached hydrogens (tertiary/aromatic N) is 2. The fourth-order valence-corrected chi connectivity index (χ4v) is 5.88. The number of halogens is 3. The van der Waals surface area contributed by atoms with Gasteiger partial charge in [-0.3, -0.25) is 4.90 Å². The molecule has 4 nitrogen and oxygen atoms in total. The van der Waals surface area contributed by atoms with Gasteiger partial charge < -0.3 is 10.3 Å². The molecule has 4 aromatic rings. The van der Waals surface area contributed by atoms with Crippen LogP contribution in [-0.2, 0) is 5.54 Å². The van der Waals surface area contributed by atoms with Crippen LogP contribution < -0.4 is 5.32 Å². The molecule has 2 N–H and O–H groups in total. The van der Waals surface area contributed by atoms with Gasteiger partial charge in [0, 0.05) is 43.4 Å². The number of nitrogens with one attached hydrogen (secondary N) is 2. The summed E-state index contributed by atoms with van der Waals surface area (Å²) < 4.78 is 0. The summed E-state index contributed by atoms with van der Waals surface area (Å²) in [6.07, 6.45) is 0. The zero-order valence-corrected chi connectivity index (χ0v) is 25.0. The van der Waals surface area contributed by atoms with E-state index in [1.54, 1.807) is 0 Å². The summed E-state index contributed by atoms with van der Waals surface area (Å²) in [5.41, 5.74) is 8.42. The molecule has 1 aliphatic heterocycles. The summed E-state index contributed by atoms with van der Waals surface area (Å²) >= 11 is 0. The minimum Gasteiger partial charge on any atom is -0.342 e. The van der Waals surface area contributed by atoms with Gasteiger partial charge in [-0.15, -0.1) is 37.2 Å². The van der Waals surface area contributed by atoms with Crippen molar-refractivity contribution in [1.82, 2.24) is 20.2 Å². The summed E-state index contributed by atoms with van der Waals surface area (Å²) in [4.78, 5) is 11.6. The Labute approximate surface area is 245 Å². The third-order valence-corrected chi connectivity index (χ3v) is 7.75. The van der Waals surface area contributed by atoms with E-state index in [2.05, 4.69) is 122 Å². The van der Waals surface area contributed by atoms with Crippen molar-refractivity contribution in [1.29, 1.82) is 0 Å². The van der Waals surface area contributed by atoms with Crippen molar-refractivity contribution < 1.29 is 0 Å². The van der Waals surface area contributed by atoms with E-state index in [1.807, 2.05) is 0 Å². The molecule has 38 heavy (non-hydrogen) atoms. The van der Waals surface area contributed by atoms with Crippen molar-refractivity contribution in [2.45, 2.75) is 39.2 Å². The topological polar surface area (TPSA) is 44.0 Å². The predicted molar refractivity (Wildman–Crippen MR) is 167 cm³/mol. The average molecular weight is 574 g/mol. The number of imidazole rings is 1. The molecule has 1 atom stereocenters. The maximum absolute atomic E-state index is 5.34. The number of H-pyrrole nitrogens is 1. The lowest BCUT2D eigenvalue weighted by atomic mass is 9.70. The Hall–Kier alpha value is -2.34. The van der Waals surface area contributed by atoms with E-state index < -0.39 is 0 Å². The summed E-state index contributed by atoms with van der Waals surface area (Å²) in [6, 6.07) is 28.2. The third-order valence-electron chi connectivity index (χ3n) is 7.75. The summed E-state index contributed by atoms with van der Waals surface area (Å²) in [6.45, 7) is 13.0. The maximum atomic E-state index is 5.34. The lowest BCUT2D eigenvalue weighted by molar-refractivity contribution is 0.0670. The van der Waals surface area contributed by atoms with E-state index in [0.717, 1.165) is 49.0 Å². The fraction of sp³-hybridized carbons (Fsp3) is 0.323. The Balaban J connectivity index is 0.00000169. The van der Waals surface area contributed by atoms with Crippen LogP contribution >= 0.6 is 37.2 Å². The van der Waals surface area contributed by atoms with Crippen molar-refractivity contribution in [3.8, 4) is 11.4 Å². The highest BCUT2D eigenvalue weighted by Gasteiger charge is 2.47. The van der Waals surface area contributed by atoms with Crippen molar-refractivity contribution in [3.05, 3.63) is 113 Å². The average Bonchev–Trinajstić information content (AvgIpc) is 3.29. The van der Waals surface area contributed by atoms with Gasteiger partial charge in [-0.2, -0.15) is 0 Å². The number of piperazine rings is 1. The van der Waals surface area contributed by atoms with Crippen molar-refractivity contribution in [2.24, 2.45) is 0 Å². The molecule has 0 aliphatic carbocycles. The van der Waals surface area contributed by atoms with Crippen LogP contribution in [0.1, 0.15) is 46.5 Å². The standard InChI is InChI=1S/C31H36N4.3ClH/c1-22-12-8-10-16-26(22)28(27-17-11-9-13-23(27)2)31(4,35-20-18-32-19-21-35)29-24(3)33-30(34-29)25-14-6-5-7-15-25;;;/h5-17,28,32H,18-21H2,1-4H3,(H,33,34);3*1H. The molecule has 0 saturated carbocycles. The number of aryl methyl sites for hydroxylation is 3. The molecular weight excluding hydrogens is 535 g/mol. The van der Waals surface area contributed by atoms with E-state index in [4.69, 9.17) is 4.98 Å². The molecule has 3 aromatic carbocycles. The van der Waals surface area contributed by atoms with Gasteiger partial charge in [0.1, 0.15) is 5.82 Å². The molecule has 7 heteroatoms. The number of aromatic amines is 1. The Morgan fingerprint density at radius 3 is 1.76 bits per heavy atom. The van der Waals surface area contributed by atoms with Crippen molar-refractivity contribution >= 4 is 37.2 Å². The molecule has 1 aliphatic rings. The number of benzene rings is 3. The maximum Gasteiger partial charge on any atom is 0.137 e. The van der Waals surface area contributed by atoms with Crippen molar-refractivity contribution in [2.75, 3.05) is 26.2 Å². The van der Waals surface area contributed by atoms with Gasteiger partial charge in [0.05, 0.1) is 11.2 Å². The molecule has 5 rings (SSSR count). The summed E-state index contributed by atoms with van der Waals surface area (Å²) in [7, 11) is 0. The fourth-order valence-electron chi connectivity index (χ4n) is 5.88. The van der Waals surface area contributed by atoms with Gasteiger partial charge in [0.2, 0.25) is 0 Å². The van der Waals surface area contributed by atoms with Crippen LogP contribution in [0.4, 0.5) is 0 Å². The highest BCUT2D eigenvalue weighted by atomic mass is 35.5. The lowest BCUT2D eigenvalue weighted by Crippen LogP contribution is -2.56. The minimum absolute atomic E-state index is 0. The van der Waals surface area contributed by atoms with E-state index >= 15 is 0 Å². The number of aromatic nitrogens is 2. The number of rotatable bonds is 6. The van der Waals surface area contributed by atoms with Crippen LogP contribution in [0.2, 0.25) is 0 Å². The molecule has 0 amide bonds. The number of hydrogen-bond donors (Lipinski definition) is 2. The van der Waals surface area contributed by atoms with Crippen LogP contribution in [0.5, 0.6) is 0 Å². The first-order valence-electron chi connectivity index (χ1n) is 12.7. The smallest absolute Gasteiger partial charge is 0.137 e. The van der Waals surface area contributed by atoms with Crippen molar-refractivity contribution in [3.63, 3.8) is 0 Å². The first-order valence-corrected chi connectivity index (χ1v) is 12.7. The summed E-state index contributed by atoms with van der Waals surface area (Å²) in [5.74, 6) is 1.07. The minimum atomic E-state index is -0.339. The van der Waals surface area contributed by atoms with Gasteiger partial charge in [-0.05, 0) is 49.9 Å². The quantitative estimate of drug-likeness (QED) is 0.256. The molecule has 1 fully saturated rings. The van der Waals surface area contributed by atoms with Crippen LogP contribution in [0.15, 0.2) is 78.9 Å². The number of hydrogen-bond acceptors (Lipinski definition) is 3. The van der Waals surface area contributed by atoms with Gasteiger partial charge in [-0.25, -0.2) is 4.98 Å². The van der Waals surface area contributed by atoms with Crippen LogP contribution in [0.3, 0.4) is 0 Å². The molecule has 1 aromatic heterocycles. The predicted octanol–water partition coefficient (Wildman–Crippen LogP) is 7.22. The van der Waals surface area contributed by atoms with Gasteiger partial charge in [0.25, 0.3) is 0 Å². The molecular formula is C31H39Cl3N4. The highest BCUT2D eigenvalue weighted by molar-refractivity contribution is 5.86. The first-order chi connectivity index (χ1) is 17.0. The molecule has 1 unspecified atom stereocenters. The SMILES string of the molecule is Cc1ccccc1C(c1ccccc1C)C(C)(c1nc(-c2ccccc2)[nH]c1C)N1CCNCC1.Cl.Cl.Cl. The van der Waals surface area contributed by atoms with E-state index in [-0.39, 0.29) is 48.7 Å². The largest absolute Gasteiger partial charge is 0.342 e.